The average Bonchev–Trinajstić information content (AvgIpc) is 2.35. The molecule has 0 aromatic heterocycles. The van der Waals surface area contributed by atoms with Gasteiger partial charge in [-0.05, 0) is 62.3 Å². The lowest BCUT2D eigenvalue weighted by molar-refractivity contribution is 0.256. The molecular formula is C16H27NO3S. The molecular weight excluding hydrogens is 286 g/mol. The van der Waals surface area contributed by atoms with Crippen molar-refractivity contribution in [3.05, 3.63) is 28.3 Å². The molecule has 1 aromatic rings. The zero-order valence-corrected chi connectivity index (χ0v) is 14.6. The van der Waals surface area contributed by atoms with Gasteiger partial charge in [-0.1, -0.05) is 19.9 Å². The average molecular weight is 313 g/mol. The quantitative estimate of drug-likeness (QED) is 0.848. The van der Waals surface area contributed by atoms with Gasteiger partial charge in [-0.15, -0.1) is 0 Å². The van der Waals surface area contributed by atoms with Crippen LogP contribution in [-0.4, -0.2) is 26.2 Å². The number of aliphatic hydroxyl groups is 1. The zero-order valence-electron chi connectivity index (χ0n) is 13.8. The van der Waals surface area contributed by atoms with Gasteiger partial charge in [-0.2, -0.15) is 0 Å². The molecule has 120 valence electrons. The lowest BCUT2D eigenvalue weighted by atomic mass is 10.0. The smallest absolute Gasteiger partial charge is 0.241 e. The fourth-order valence-corrected chi connectivity index (χ4v) is 4.54. The number of aryl methyl sites for hydroxylation is 2. The van der Waals surface area contributed by atoms with Crippen LogP contribution in [0.1, 0.15) is 42.5 Å². The first-order chi connectivity index (χ1) is 9.61. The van der Waals surface area contributed by atoms with E-state index in [1.54, 1.807) is 0 Å². The Morgan fingerprint density at radius 2 is 1.57 bits per heavy atom. The second kappa shape index (κ2) is 6.90. The van der Waals surface area contributed by atoms with Crippen LogP contribution in [0, 0.1) is 33.6 Å². The van der Waals surface area contributed by atoms with E-state index in [2.05, 4.69) is 4.72 Å². The zero-order chi connectivity index (χ0) is 16.4. The Balaban J connectivity index is 3.32. The Morgan fingerprint density at radius 3 is 1.95 bits per heavy atom. The fourth-order valence-electron chi connectivity index (χ4n) is 2.51. The first-order valence-corrected chi connectivity index (χ1v) is 8.80. The Kier molecular flexibility index (Phi) is 5.96. The molecule has 1 unspecified atom stereocenters. The largest absolute Gasteiger partial charge is 0.396 e. The molecule has 0 radical (unpaired) electrons. The van der Waals surface area contributed by atoms with Crippen LogP contribution >= 0.6 is 0 Å². The van der Waals surface area contributed by atoms with Gasteiger partial charge in [0.1, 0.15) is 0 Å². The third-order valence-corrected chi connectivity index (χ3v) is 5.88. The fraction of sp³-hybridized carbons (Fsp3) is 0.625. The van der Waals surface area contributed by atoms with Crippen LogP contribution in [0.25, 0.3) is 0 Å². The molecule has 2 N–H and O–H groups in total. The number of sulfonamides is 1. The summed E-state index contributed by atoms with van der Waals surface area (Å²) in [5, 5.41) is 9.12. The van der Waals surface area contributed by atoms with E-state index in [1.807, 2.05) is 47.6 Å². The number of nitrogens with one attached hydrogen (secondary N) is 1. The van der Waals surface area contributed by atoms with Gasteiger partial charge < -0.3 is 5.11 Å². The summed E-state index contributed by atoms with van der Waals surface area (Å²) in [6, 6.07) is 1.75. The minimum absolute atomic E-state index is 0.0316. The highest BCUT2D eigenvalue weighted by Gasteiger charge is 2.26. The predicted octanol–water partition coefficient (Wildman–Crippen LogP) is 2.61. The standard InChI is InChI=1S/C16H27NO3S/c1-10(2)15(7-8-18)17-21(19,20)16-13(5)11(3)9-12(4)14(16)6/h9-10,15,17-18H,7-8H2,1-6H3. The van der Waals surface area contributed by atoms with Crippen molar-refractivity contribution in [2.24, 2.45) is 5.92 Å². The molecule has 0 aliphatic carbocycles. The van der Waals surface area contributed by atoms with Gasteiger partial charge in [0.2, 0.25) is 10.0 Å². The SMILES string of the molecule is Cc1cc(C)c(C)c(S(=O)(=O)NC(CCO)C(C)C)c1C. The Bertz CT molecular complexity index is 580. The van der Waals surface area contributed by atoms with Crippen molar-refractivity contribution in [2.75, 3.05) is 6.61 Å². The Morgan fingerprint density at radius 1 is 1.10 bits per heavy atom. The third kappa shape index (κ3) is 4.05. The summed E-state index contributed by atoms with van der Waals surface area (Å²) in [5.74, 6) is 0.124. The van der Waals surface area contributed by atoms with Gasteiger partial charge in [-0.25, -0.2) is 13.1 Å². The van der Waals surface area contributed by atoms with Crippen molar-refractivity contribution >= 4 is 10.0 Å². The second-order valence-corrected chi connectivity index (χ2v) is 7.72. The Hall–Kier alpha value is -0.910. The van der Waals surface area contributed by atoms with Crippen LogP contribution in [0.15, 0.2) is 11.0 Å². The van der Waals surface area contributed by atoms with Gasteiger partial charge in [-0.3, -0.25) is 0 Å². The minimum Gasteiger partial charge on any atom is -0.396 e. The highest BCUT2D eigenvalue weighted by atomic mass is 32.2. The second-order valence-electron chi connectivity index (χ2n) is 6.07. The van der Waals surface area contributed by atoms with E-state index < -0.39 is 10.0 Å². The van der Waals surface area contributed by atoms with Crippen molar-refractivity contribution in [1.82, 2.24) is 4.72 Å². The van der Waals surface area contributed by atoms with Crippen molar-refractivity contribution in [2.45, 2.75) is 58.9 Å². The van der Waals surface area contributed by atoms with E-state index in [4.69, 9.17) is 5.11 Å². The summed E-state index contributed by atoms with van der Waals surface area (Å²) in [7, 11) is -3.59. The monoisotopic (exact) mass is 313 g/mol. The van der Waals surface area contributed by atoms with Crippen molar-refractivity contribution < 1.29 is 13.5 Å². The van der Waals surface area contributed by atoms with Gasteiger partial charge in [0.05, 0.1) is 4.90 Å². The van der Waals surface area contributed by atoms with E-state index in [0.29, 0.717) is 11.3 Å². The lowest BCUT2D eigenvalue weighted by Crippen LogP contribution is -2.39. The first-order valence-electron chi connectivity index (χ1n) is 7.32. The Labute approximate surface area is 128 Å². The van der Waals surface area contributed by atoms with Crippen LogP contribution in [0.2, 0.25) is 0 Å². The molecule has 0 spiro atoms. The molecule has 0 aliphatic heterocycles. The number of hydrogen-bond donors (Lipinski definition) is 2. The van der Waals surface area contributed by atoms with E-state index in [9.17, 15) is 8.42 Å². The minimum atomic E-state index is -3.59. The lowest BCUT2D eigenvalue weighted by Gasteiger charge is -2.23. The molecule has 1 aromatic carbocycles. The predicted molar refractivity (Wildman–Crippen MR) is 86.0 cm³/mol. The molecule has 5 heteroatoms. The van der Waals surface area contributed by atoms with E-state index in [0.717, 1.165) is 22.3 Å². The summed E-state index contributed by atoms with van der Waals surface area (Å²) >= 11 is 0. The summed E-state index contributed by atoms with van der Waals surface area (Å²) < 4.78 is 28.3. The number of hydrogen-bond acceptors (Lipinski definition) is 3. The molecule has 1 atom stereocenters. The molecule has 0 fully saturated rings. The van der Waals surface area contributed by atoms with Crippen LogP contribution < -0.4 is 4.72 Å². The molecule has 4 nitrogen and oxygen atoms in total. The van der Waals surface area contributed by atoms with Crippen LogP contribution in [0.4, 0.5) is 0 Å². The maximum absolute atomic E-state index is 12.8. The molecule has 0 aliphatic rings. The van der Waals surface area contributed by atoms with Gasteiger partial charge >= 0.3 is 0 Å². The van der Waals surface area contributed by atoms with Crippen LogP contribution in [0.5, 0.6) is 0 Å². The topological polar surface area (TPSA) is 66.4 Å². The van der Waals surface area contributed by atoms with E-state index >= 15 is 0 Å². The van der Waals surface area contributed by atoms with Crippen LogP contribution in [0.3, 0.4) is 0 Å². The first kappa shape index (κ1) is 18.1. The maximum Gasteiger partial charge on any atom is 0.241 e. The molecule has 0 saturated carbocycles. The third-order valence-electron chi connectivity index (χ3n) is 4.12. The molecule has 0 amide bonds. The maximum atomic E-state index is 12.8. The van der Waals surface area contributed by atoms with E-state index in [-0.39, 0.29) is 18.6 Å². The van der Waals surface area contributed by atoms with Crippen molar-refractivity contribution in [3.8, 4) is 0 Å². The highest BCUT2D eigenvalue weighted by molar-refractivity contribution is 7.89. The molecule has 0 saturated heterocycles. The van der Waals surface area contributed by atoms with Crippen molar-refractivity contribution in [1.29, 1.82) is 0 Å². The highest BCUT2D eigenvalue weighted by Crippen LogP contribution is 2.26. The summed E-state index contributed by atoms with van der Waals surface area (Å²) in [6.07, 6.45) is 0.416. The summed E-state index contributed by atoms with van der Waals surface area (Å²) in [5.41, 5.74) is 3.53. The molecule has 0 heterocycles. The van der Waals surface area contributed by atoms with Gasteiger partial charge in [0, 0.05) is 12.6 Å². The summed E-state index contributed by atoms with van der Waals surface area (Å²) in [4.78, 5) is 0.378. The normalized spacial score (nSPS) is 13.7. The molecule has 1 rings (SSSR count). The molecule has 0 bridgehead atoms. The van der Waals surface area contributed by atoms with Crippen molar-refractivity contribution in [3.63, 3.8) is 0 Å². The van der Waals surface area contributed by atoms with Gasteiger partial charge in [0.15, 0.2) is 0 Å². The number of rotatable bonds is 6. The summed E-state index contributed by atoms with van der Waals surface area (Å²) in [6.45, 7) is 11.4. The number of aliphatic hydroxyl groups excluding tert-OH is 1. The molecule has 21 heavy (non-hydrogen) atoms. The van der Waals surface area contributed by atoms with Gasteiger partial charge in [0.25, 0.3) is 0 Å². The van der Waals surface area contributed by atoms with Crippen LogP contribution in [-0.2, 0) is 10.0 Å². The van der Waals surface area contributed by atoms with E-state index in [1.165, 1.54) is 0 Å². The number of benzene rings is 1.